The fourth-order valence-electron chi connectivity index (χ4n) is 1.92. The molecule has 0 unspecified atom stereocenters. The topological polar surface area (TPSA) is 89.4 Å². The van der Waals surface area contributed by atoms with Crippen molar-refractivity contribution in [1.29, 1.82) is 0 Å². The van der Waals surface area contributed by atoms with E-state index in [0.29, 0.717) is 36.5 Å². The van der Waals surface area contributed by atoms with Gasteiger partial charge in [0.05, 0.1) is 11.6 Å². The van der Waals surface area contributed by atoms with Crippen LogP contribution in [0, 0.1) is 12.8 Å². The Bertz CT molecular complexity index is 461. The lowest BCUT2D eigenvalue weighted by molar-refractivity contribution is -0.125. The van der Waals surface area contributed by atoms with E-state index in [0.717, 1.165) is 0 Å². The Hall–Kier alpha value is -1.85. The molecule has 1 aromatic rings. The number of aromatic nitrogens is 1. The molecule has 6 heteroatoms. The number of hydrogen-bond donors (Lipinski definition) is 1. The van der Waals surface area contributed by atoms with E-state index in [-0.39, 0.29) is 17.7 Å². The summed E-state index contributed by atoms with van der Waals surface area (Å²) < 4.78 is 5.01. The van der Waals surface area contributed by atoms with Gasteiger partial charge in [0.2, 0.25) is 5.91 Å². The van der Waals surface area contributed by atoms with Gasteiger partial charge >= 0.3 is 0 Å². The molecule has 1 saturated heterocycles. The molecule has 0 aliphatic carbocycles. The molecular weight excluding hydrogens is 222 g/mol. The van der Waals surface area contributed by atoms with Crippen LogP contribution < -0.4 is 5.73 Å². The molecule has 1 aliphatic heterocycles. The molecule has 2 N–H and O–H groups in total. The van der Waals surface area contributed by atoms with Gasteiger partial charge in [-0.2, -0.15) is 0 Å². The Balaban J connectivity index is 2.11. The van der Waals surface area contributed by atoms with E-state index < -0.39 is 0 Å². The summed E-state index contributed by atoms with van der Waals surface area (Å²) in [6, 6.07) is 0. The third-order valence-electron chi connectivity index (χ3n) is 3.05. The third-order valence-corrected chi connectivity index (χ3v) is 3.05. The van der Waals surface area contributed by atoms with Gasteiger partial charge in [0.15, 0.2) is 0 Å². The molecule has 0 atom stereocenters. The first kappa shape index (κ1) is 11.6. The smallest absolute Gasteiger partial charge is 0.259 e. The van der Waals surface area contributed by atoms with Crippen LogP contribution in [0.25, 0.3) is 0 Å². The fourth-order valence-corrected chi connectivity index (χ4v) is 1.92. The van der Waals surface area contributed by atoms with Crippen LogP contribution in [-0.4, -0.2) is 35.0 Å². The van der Waals surface area contributed by atoms with Crippen LogP contribution >= 0.6 is 0 Å². The second kappa shape index (κ2) is 4.20. The summed E-state index contributed by atoms with van der Waals surface area (Å²) in [5.41, 5.74) is 6.34. The lowest BCUT2D eigenvalue weighted by atomic mass is 9.97. The van der Waals surface area contributed by atoms with Crippen molar-refractivity contribution in [1.82, 2.24) is 10.1 Å². The standard InChI is InChI=1S/C11H15N3O3/c1-3-8-9(6(2)17-13-8)11(16)14-4-7(5-14)10(12)15/h7H,3-5H2,1-2H3,(H2,12,15). The number of hydrogen-bond acceptors (Lipinski definition) is 4. The van der Waals surface area contributed by atoms with Gasteiger partial charge in [0, 0.05) is 13.1 Å². The zero-order valence-electron chi connectivity index (χ0n) is 9.90. The van der Waals surface area contributed by atoms with E-state index in [1.165, 1.54) is 0 Å². The van der Waals surface area contributed by atoms with Gasteiger partial charge < -0.3 is 15.2 Å². The summed E-state index contributed by atoms with van der Waals surface area (Å²) in [5, 5.41) is 3.84. The Morgan fingerprint density at radius 3 is 2.71 bits per heavy atom. The van der Waals surface area contributed by atoms with Crippen LogP contribution in [0.2, 0.25) is 0 Å². The highest BCUT2D eigenvalue weighted by atomic mass is 16.5. The minimum Gasteiger partial charge on any atom is -0.369 e. The normalized spacial score (nSPS) is 15.8. The Labute approximate surface area is 98.7 Å². The minimum absolute atomic E-state index is 0.127. The van der Waals surface area contributed by atoms with Crippen LogP contribution in [0.4, 0.5) is 0 Å². The average Bonchev–Trinajstić information content (AvgIpc) is 2.56. The molecule has 6 nitrogen and oxygen atoms in total. The van der Waals surface area contributed by atoms with Gasteiger partial charge in [-0.15, -0.1) is 0 Å². The molecule has 0 saturated carbocycles. The number of carbonyl (C=O) groups is 2. The van der Waals surface area contributed by atoms with Gasteiger partial charge in [-0.25, -0.2) is 0 Å². The van der Waals surface area contributed by atoms with Crippen LogP contribution in [0.3, 0.4) is 0 Å². The molecule has 1 fully saturated rings. The number of nitrogens with two attached hydrogens (primary N) is 1. The highest BCUT2D eigenvalue weighted by Gasteiger charge is 2.36. The van der Waals surface area contributed by atoms with E-state index in [4.69, 9.17) is 10.3 Å². The van der Waals surface area contributed by atoms with Crippen molar-refractivity contribution in [2.45, 2.75) is 20.3 Å². The summed E-state index contributed by atoms with van der Waals surface area (Å²) in [4.78, 5) is 24.6. The number of likely N-dealkylation sites (tertiary alicyclic amines) is 1. The SMILES string of the molecule is CCc1noc(C)c1C(=O)N1CC(C(N)=O)C1. The molecular formula is C11H15N3O3. The van der Waals surface area contributed by atoms with E-state index >= 15 is 0 Å². The number of aryl methyl sites for hydroxylation is 2. The molecule has 1 aliphatic rings. The summed E-state index contributed by atoms with van der Waals surface area (Å²) in [5.74, 6) is -0.177. The Kier molecular flexibility index (Phi) is 2.87. The van der Waals surface area contributed by atoms with Crippen LogP contribution in [0.5, 0.6) is 0 Å². The van der Waals surface area contributed by atoms with E-state index in [1.807, 2.05) is 6.92 Å². The summed E-state index contributed by atoms with van der Waals surface area (Å²) >= 11 is 0. The molecule has 0 radical (unpaired) electrons. The predicted molar refractivity (Wildman–Crippen MR) is 59.2 cm³/mol. The Morgan fingerprint density at radius 1 is 1.53 bits per heavy atom. The summed E-state index contributed by atoms with van der Waals surface area (Å²) in [6.07, 6.45) is 0.644. The molecule has 0 bridgehead atoms. The summed E-state index contributed by atoms with van der Waals surface area (Å²) in [6.45, 7) is 4.41. The van der Waals surface area contributed by atoms with Crippen molar-refractivity contribution in [3.05, 3.63) is 17.0 Å². The van der Waals surface area contributed by atoms with Crippen molar-refractivity contribution in [3.63, 3.8) is 0 Å². The van der Waals surface area contributed by atoms with E-state index in [2.05, 4.69) is 5.16 Å². The minimum atomic E-state index is -0.355. The van der Waals surface area contributed by atoms with Crippen molar-refractivity contribution in [2.75, 3.05) is 13.1 Å². The molecule has 2 rings (SSSR count). The van der Waals surface area contributed by atoms with Gasteiger partial charge in [0.25, 0.3) is 5.91 Å². The summed E-state index contributed by atoms with van der Waals surface area (Å²) in [7, 11) is 0. The zero-order valence-corrected chi connectivity index (χ0v) is 9.90. The highest BCUT2D eigenvalue weighted by molar-refractivity contribution is 5.97. The number of rotatable bonds is 3. The van der Waals surface area contributed by atoms with Crippen molar-refractivity contribution >= 4 is 11.8 Å². The predicted octanol–water partition coefficient (Wildman–Crippen LogP) is 0.103. The maximum atomic E-state index is 12.1. The van der Waals surface area contributed by atoms with Crippen LogP contribution in [0.15, 0.2) is 4.52 Å². The van der Waals surface area contributed by atoms with Crippen LogP contribution in [-0.2, 0) is 11.2 Å². The first-order valence-corrected chi connectivity index (χ1v) is 5.58. The third kappa shape index (κ3) is 1.90. The second-order valence-electron chi connectivity index (χ2n) is 4.22. The fraction of sp³-hybridized carbons (Fsp3) is 0.545. The molecule has 1 aromatic heterocycles. The highest BCUT2D eigenvalue weighted by Crippen LogP contribution is 2.22. The first-order valence-electron chi connectivity index (χ1n) is 5.58. The largest absolute Gasteiger partial charge is 0.369 e. The number of carbonyl (C=O) groups excluding carboxylic acids is 2. The lowest BCUT2D eigenvalue weighted by Gasteiger charge is -2.37. The molecule has 2 amide bonds. The van der Waals surface area contributed by atoms with E-state index in [9.17, 15) is 9.59 Å². The monoisotopic (exact) mass is 237 g/mol. The molecule has 0 aromatic carbocycles. The van der Waals surface area contributed by atoms with Crippen molar-refractivity contribution in [2.24, 2.45) is 11.7 Å². The lowest BCUT2D eigenvalue weighted by Crippen LogP contribution is -2.54. The first-order chi connectivity index (χ1) is 8.04. The number of amides is 2. The van der Waals surface area contributed by atoms with Crippen molar-refractivity contribution in [3.8, 4) is 0 Å². The Morgan fingerprint density at radius 2 is 2.18 bits per heavy atom. The number of primary amides is 1. The van der Waals surface area contributed by atoms with Gasteiger partial charge in [-0.05, 0) is 13.3 Å². The molecule has 17 heavy (non-hydrogen) atoms. The maximum Gasteiger partial charge on any atom is 0.259 e. The average molecular weight is 237 g/mol. The van der Waals surface area contributed by atoms with Crippen LogP contribution in [0.1, 0.15) is 28.7 Å². The second-order valence-corrected chi connectivity index (χ2v) is 4.22. The van der Waals surface area contributed by atoms with E-state index in [1.54, 1.807) is 11.8 Å². The zero-order chi connectivity index (χ0) is 12.6. The van der Waals surface area contributed by atoms with Crippen molar-refractivity contribution < 1.29 is 14.1 Å². The maximum absolute atomic E-state index is 12.1. The molecule has 92 valence electrons. The van der Waals surface area contributed by atoms with Gasteiger partial charge in [0.1, 0.15) is 11.3 Å². The molecule has 0 spiro atoms. The quantitative estimate of drug-likeness (QED) is 0.807. The molecule has 2 heterocycles. The van der Waals surface area contributed by atoms with Gasteiger partial charge in [-0.3, -0.25) is 9.59 Å². The van der Waals surface area contributed by atoms with Gasteiger partial charge in [-0.1, -0.05) is 12.1 Å². The number of nitrogens with zero attached hydrogens (tertiary/aromatic N) is 2.